The van der Waals surface area contributed by atoms with E-state index in [9.17, 15) is 8.78 Å². The molecule has 1 aromatic heterocycles. The van der Waals surface area contributed by atoms with E-state index in [0.29, 0.717) is 18.2 Å². The second-order valence-electron chi connectivity index (χ2n) is 5.84. The van der Waals surface area contributed by atoms with E-state index >= 15 is 8.78 Å². The summed E-state index contributed by atoms with van der Waals surface area (Å²) in [6, 6.07) is 5.08. The predicted octanol–water partition coefficient (Wildman–Crippen LogP) is 4.41. The monoisotopic (exact) mass is 426 g/mol. The molecule has 9 heteroatoms. The number of benzene rings is 1. The second-order valence-corrected chi connectivity index (χ2v) is 5.84. The molecule has 1 heterocycles. The van der Waals surface area contributed by atoms with Crippen molar-refractivity contribution in [2.75, 3.05) is 20.3 Å². The quantitative estimate of drug-likeness (QED) is 0.205. The van der Waals surface area contributed by atoms with Gasteiger partial charge in [0.2, 0.25) is 0 Å². The Balaban J connectivity index is 0.00000218. The van der Waals surface area contributed by atoms with Gasteiger partial charge in [-0.15, -0.1) is 0 Å². The van der Waals surface area contributed by atoms with Crippen LogP contribution in [0.15, 0.2) is 47.6 Å². The fraction of sp³-hybridized carbons (Fsp3) is 0.333. The van der Waals surface area contributed by atoms with Crippen molar-refractivity contribution < 1.29 is 22.3 Å². The maximum Gasteiger partial charge on any atom is 0.298 e. The maximum atomic E-state index is 15.2. The fourth-order valence-electron chi connectivity index (χ4n) is 2.56. The summed E-state index contributed by atoms with van der Waals surface area (Å²) in [5, 5.41) is 0. The van der Waals surface area contributed by atoms with Crippen LogP contribution in [0.25, 0.3) is 6.08 Å². The van der Waals surface area contributed by atoms with Gasteiger partial charge in [0.25, 0.3) is 5.92 Å². The van der Waals surface area contributed by atoms with E-state index in [0.717, 1.165) is 24.5 Å². The van der Waals surface area contributed by atoms with Gasteiger partial charge in [-0.3, -0.25) is 9.98 Å². The molecule has 30 heavy (non-hydrogen) atoms. The van der Waals surface area contributed by atoms with Crippen LogP contribution in [0.3, 0.4) is 0 Å². The minimum absolute atomic E-state index is 0.369. The molecule has 2 rings (SSSR count). The number of aliphatic imine (C=N–C) groups is 1. The lowest BCUT2D eigenvalue weighted by Gasteiger charge is -2.26. The number of ether oxygens (including phenoxy) is 1. The van der Waals surface area contributed by atoms with E-state index in [-0.39, 0.29) is 5.56 Å². The standard InChI is InChI=1S/C19H20F4N4O.C2H6/c1-28-8-2-3-13-4-7-18(26-10-13)19(22,23)16(11-25-12-27-24)15-6-5-14(20)9-17(15)21;1-2/h2-7,9-10,12,16H,8,11,24H2,1H3,(H,25,27);1-2H3/b3-2+;. The Morgan fingerprint density at radius 1 is 1.23 bits per heavy atom. The third kappa shape index (κ3) is 6.93. The van der Waals surface area contributed by atoms with Crippen LogP contribution in [-0.4, -0.2) is 31.6 Å². The summed E-state index contributed by atoms with van der Waals surface area (Å²) in [6.07, 6.45) is 5.67. The Hall–Kier alpha value is -2.78. The molecule has 1 aromatic carbocycles. The van der Waals surface area contributed by atoms with Gasteiger partial charge in [0, 0.05) is 19.4 Å². The van der Waals surface area contributed by atoms with Crippen molar-refractivity contribution in [3.8, 4) is 0 Å². The Bertz CT molecular complexity index is 826. The number of pyridine rings is 1. The van der Waals surface area contributed by atoms with E-state index in [1.165, 1.54) is 19.4 Å². The van der Waals surface area contributed by atoms with Crippen LogP contribution in [-0.2, 0) is 10.7 Å². The summed E-state index contributed by atoms with van der Waals surface area (Å²) in [5.41, 5.74) is 1.78. The zero-order chi connectivity index (χ0) is 22.6. The van der Waals surface area contributed by atoms with Gasteiger partial charge in [-0.05, 0) is 23.3 Å². The lowest BCUT2D eigenvalue weighted by atomic mass is 9.89. The van der Waals surface area contributed by atoms with Crippen LogP contribution in [0.4, 0.5) is 17.6 Å². The lowest BCUT2D eigenvalue weighted by molar-refractivity contribution is -0.0364. The Morgan fingerprint density at radius 2 is 1.97 bits per heavy atom. The van der Waals surface area contributed by atoms with Crippen molar-refractivity contribution in [3.63, 3.8) is 0 Å². The van der Waals surface area contributed by atoms with Crippen molar-refractivity contribution in [2.24, 2.45) is 10.8 Å². The number of aromatic nitrogens is 1. The maximum absolute atomic E-state index is 15.2. The number of methoxy groups -OCH3 is 1. The molecule has 0 radical (unpaired) electrons. The number of rotatable bonds is 9. The highest BCUT2D eigenvalue weighted by molar-refractivity contribution is 5.53. The third-order valence-electron chi connectivity index (χ3n) is 3.93. The van der Waals surface area contributed by atoms with E-state index in [1.54, 1.807) is 12.2 Å². The van der Waals surface area contributed by atoms with Crippen LogP contribution in [0.5, 0.6) is 0 Å². The zero-order valence-electron chi connectivity index (χ0n) is 17.1. The van der Waals surface area contributed by atoms with Gasteiger partial charge in [0.1, 0.15) is 17.3 Å². The third-order valence-corrected chi connectivity index (χ3v) is 3.93. The van der Waals surface area contributed by atoms with Crippen molar-refractivity contribution in [1.29, 1.82) is 0 Å². The molecule has 0 saturated carbocycles. The Labute approximate surface area is 173 Å². The van der Waals surface area contributed by atoms with Crippen LogP contribution in [0.2, 0.25) is 0 Å². The number of hydrazine groups is 1. The molecule has 3 N–H and O–H groups in total. The minimum Gasteiger partial charge on any atom is -0.381 e. The smallest absolute Gasteiger partial charge is 0.298 e. The summed E-state index contributed by atoms with van der Waals surface area (Å²) in [7, 11) is 1.53. The number of nitrogens with two attached hydrogens (primary N) is 1. The molecular formula is C21H26F4N4O. The van der Waals surface area contributed by atoms with E-state index < -0.39 is 35.7 Å². The molecular weight excluding hydrogens is 400 g/mol. The van der Waals surface area contributed by atoms with Gasteiger partial charge in [-0.25, -0.2) is 14.6 Å². The SMILES string of the molecule is CC.COC/C=C/c1ccc(C(F)(F)C(CN=CNN)c2ccc(F)cc2F)nc1. The molecule has 0 saturated heterocycles. The summed E-state index contributed by atoms with van der Waals surface area (Å²) < 4.78 is 62.6. The number of hydrogen-bond acceptors (Lipinski definition) is 4. The van der Waals surface area contributed by atoms with Gasteiger partial charge in [-0.2, -0.15) is 8.78 Å². The van der Waals surface area contributed by atoms with E-state index in [2.05, 4.69) is 15.4 Å². The number of nitrogens with zero attached hydrogens (tertiary/aromatic N) is 2. The topological polar surface area (TPSA) is 72.5 Å². The molecule has 0 amide bonds. The number of halogens is 4. The van der Waals surface area contributed by atoms with E-state index in [4.69, 9.17) is 10.6 Å². The van der Waals surface area contributed by atoms with Gasteiger partial charge in [-0.1, -0.05) is 38.1 Å². The van der Waals surface area contributed by atoms with Crippen molar-refractivity contribution >= 4 is 12.4 Å². The van der Waals surface area contributed by atoms with Crippen molar-refractivity contribution in [3.05, 3.63) is 71.1 Å². The van der Waals surface area contributed by atoms with E-state index in [1.807, 2.05) is 13.8 Å². The Morgan fingerprint density at radius 3 is 2.53 bits per heavy atom. The zero-order valence-corrected chi connectivity index (χ0v) is 17.1. The second kappa shape index (κ2) is 12.7. The summed E-state index contributed by atoms with van der Waals surface area (Å²) in [6.45, 7) is 3.88. The summed E-state index contributed by atoms with van der Waals surface area (Å²) >= 11 is 0. The molecule has 1 unspecified atom stereocenters. The molecule has 0 bridgehead atoms. The van der Waals surface area contributed by atoms with Gasteiger partial charge in [0.05, 0.1) is 25.4 Å². The lowest BCUT2D eigenvalue weighted by Crippen LogP contribution is -2.29. The molecule has 5 nitrogen and oxygen atoms in total. The number of alkyl halides is 2. The molecule has 1 atom stereocenters. The first-order valence-corrected chi connectivity index (χ1v) is 9.29. The first kappa shape index (κ1) is 25.3. The molecule has 0 aliphatic rings. The minimum atomic E-state index is -3.57. The summed E-state index contributed by atoms with van der Waals surface area (Å²) in [5.74, 6) is -2.17. The largest absolute Gasteiger partial charge is 0.381 e. The van der Waals surface area contributed by atoms with Gasteiger partial charge in [0.15, 0.2) is 0 Å². The Kier molecular flexibility index (Phi) is 10.7. The highest BCUT2D eigenvalue weighted by Crippen LogP contribution is 2.42. The highest BCUT2D eigenvalue weighted by atomic mass is 19.3. The van der Waals surface area contributed by atoms with Gasteiger partial charge < -0.3 is 10.2 Å². The number of hydrogen-bond donors (Lipinski definition) is 2. The number of nitrogens with one attached hydrogen (secondary N) is 1. The molecule has 0 spiro atoms. The van der Waals surface area contributed by atoms with Gasteiger partial charge >= 0.3 is 0 Å². The molecule has 0 fully saturated rings. The predicted molar refractivity (Wildman–Crippen MR) is 110 cm³/mol. The first-order valence-electron chi connectivity index (χ1n) is 9.29. The average molecular weight is 426 g/mol. The average Bonchev–Trinajstić information content (AvgIpc) is 2.74. The first-order chi connectivity index (χ1) is 14.4. The summed E-state index contributed by atoms with van der Waals surface area (Å²) in [4.78, 5) is 7.56. The molecule has 164 valence electrons. The van der Waals surface area contributed by atoms with Crippen molar-refractivity contribution in [1.82, 2.24) is 10.4 Å². The van der Waals surface area contributed by atoms with Crippen LogP contribution < -0.4 is 11.3 Å². The van der Waals surface area contributed by atoms with Crippen molar-refractivity contribution in [2.45, 2.75) is 25.7 Å². The van der Waals surface area contributed by atoms with Crippen LogP contribution in [0.1, 0.15) is 36.6 Å². The molecule has 0 aliphatic heterocycles. The van der Waals surface area contributed by atoms with Crippen LogP contribution in [0, 0.1) is 11.6 Å². The fourth-order valence-corrected chi connectivity index (χ4v) is 2.56. The normalized spacial score (nSPS) is 12.7. The molecule has 2 aromatic rings. The van der Waals surface area contributed by atoms with Crippen LogP contribution >= 0.6 is 0 Å². The highest BCUT2D eigenvalue weighted by Gasteiger charge is 2.44. The molecule has 0 aliphatic carbocycles.